The summed E-state index contributed by atoms with van der Waals surface area (Å²) in [5, 5.41) is 2.81. The van der Waals surface area contributed by atoms with Crippen LogP contribution < -0.4 is 10.1 Å². The van der Waals surface area contributed by atoms with E-state index in [1.54, 1.807) is 23.2 Å². The van der Waals surface area contributed by atoms with E-state index >= 15 is 0 Å². The molecule has 2 heterocycles. The Balaban J connectivity index is 1.53. The summed E-state index contributed by atoms with van der Waals surface area (Å²) in [6.07, 6.45) is 2.59. The van der Waals surface area contributed by atoms with Gasteiger partial charge < -0.3 is 15.0 Å². The fourth-order valence-corrected chi connectivity index (χ4v) is 2.89. The van der Waals surface area contributed by atoms with Gasteiger partial charge in [0.1, 0.15) is 0 Å². The Kier molecular flexibility index (Phi) is 5.28. The van der Waals surface area contributed by atoms with Crippen LogP contribution in [0.5, 0.6) is 5.88 Å². The van der Waals surface area contributed by atoms with Crippen molar-refractivity contribution in [2.45, 2.75) is 12.8 Å². The predicted molar refractivity (Wildman–Crippen MR) is 94.3 cm³/mol. The van der Waals surface area contributed by atoms with Crippen LogP contribution in [0.4, 0.5) is 5.69 Å². The van der Waals surface area contributed by atoms with Gasteiger partial charge in [0.05, 0.1) is 24.9 Å². The first-order valence-corrected chi connectivity index (χ1v) is 8.28. The van der Waals surface area contributed by atoms with Crippen molar-refractivity contribution in [3.8, 4) is 5.88 Å². The highest BCUT2D eigenvalue weighted by Gasteiger charge is 2.34. The molecule has 25 heavy (non-hydrogen) atoms. The molecule has 1 aromatic heterocycles. The van der Waals surface area contributed by atoms with E-state index in [0.29, 0.717) is 24.7 Å². The number of hydrogen-bond acceptors (Lipinski definition) is 4. The van der Waals surface area contributed by atoms with E-state index in [-0.39, 0.29) is 24.2 Å². The number of hydrogen-bond donors (Lipinski definition) is 1. The Morgan fingerprint density at radius 3 is 2.76 bits per heavy atom. The minimum Gasteiger partial charge on any atom is -0.481 e. The van der Waals surface area contributed by atoms with Crippen molar-refractivity contribution in [2.75, 3.05) is 25.5 Å². The predicted octanol–water partition coefficient (Wildman–Crippen LogP) is 2.12. The fraction of sp³-hybridized carbons (Fsp3) is 0.316. The first kappa shape index (κ1) is 17.0. The van der Waals surface area contributed by atoms with E-state index in [1.807, 2.05) is 30.3 Å². The molecule has 1 aliphatic heterocycles. The summed E-state index contributed by atoms with van der Waals surface area (Å²) in [4.78, 5) is 30.4. The molecule has 6 heteroatoms. The zero-order chi connectivity index (χ0) is 17.6. The minimum absolute atomic E-state index is 0.0314. The van der Waals surface area contributed by atoms with Crippen LogP contribution in [0.15, 0.2) is 48.7 Å². The van der Waals surface area contributed by atoms with Gasteiger partial charge in [-0.05, 0) is 18.1 Å². The van der Waals surface area contributed by atoms with E-state index < -0.39 is 0 Å². The molecule has 130 valence electrons. The Morgan fingerprint density at radius 1 is 1.28 bits per heavy atom. The van der Waals surface area contributed by atoms with E-state index in [0.717, 1.165) is 6.42 Å². The third-order valence-corrected chi connectivity index (χ3v) is 4.31. The molecule has 2 amide bonds. The summed E-state index contributed by atoms with van der Waals surface area (Å²) in [5.41, 5.74) is 1.79. The normalized spacial score (nSPS) is 16.8. The van der Waals surface area contributed by atoms with E-state index in [4.69, 9.17) is 4.74 Å². The molecule has 0 saturated carbocycles. The van der Waals surface area contributed by atoms with Crippen LogP contribution in [-0.2, 0) is 16.0 Å². The van der Waals surface area contributed by atoms with Crippen LogP contribution in [0.1, 0.15) is 12.0 Å². The molecule has 1 aliphatic rings. The summed E-state index contributed by atoms with van der Waals surface area (Å²) in [6, 6.07) is 13.4. The average molecular weight is 339 g/mol. The van der Waals surface area contributed by atoms with Crippen molar-refractivity contribution in [1.82, 2.24) is 9.88 Å². The number of aromatic nitrogens is 1. The lowest BCUT2D eigenvalue weighted by Gasteiger charge is -2.16. The van der Waals surface area contributed by atoms with Crippen molar-refractivity contribution < 1.29 is 14.3 Å². The molecule has 6 nitrogen and oxygen atoms in total. The molecule has 3 rings (SSSR count). The maximum atomic E-state index is 12.4. The quantitative estimate of drug-likeness (QED) is 0.875. The van der Waals surface area contributed by atoms with Crippen LogP contribution in [0.2, 0.25) is 0 Å². The van der Waals surface area contributed by atoms with Crippen molar-refractivity contribution in [2.24, 2.45) is 5.92 Å². The van der Waals surface area contributed by atoms with E-state index in [1.165, 1.54) is 12.7 Å². The number of likely N-dealkylation sites (tertiary alicyclic amines) is 1. The van der Waals surface area contributed by atoms with Crippen LogP contribution >= 0.6 is 0 Å². The van der Waals surface area contributed by atoms with Gasteiger partial charge in [0.25, 0.3) is 0 Å². The van der Waals surface area contributed by atoms with Gasteiger partial charge in [0, 0.05) is 25.6 Å². The number of rotatable bonds is 6. The second kappa shape index (κ2) is 7.79. The summed E-state index contributed by atoms with van der Waals surface area (Å²) in [5.74, 6) is 0.0398. The highest BCUT2D eigenvalue weighted by molar-refractivity contribution is 5.97. The second-order valence-electron chi connectivity index (χ2n) is 6.05. The van der Waals surface area contributed by atoms with E-state index in [2.05, 4.69) is 10.3 Å². The standard InChI is InChI=1S/C19H21N3O3/c1-25-17-8-7-16(12-20-17)21-19(24)15-11-18(23)22(13-15)10-9-14-5-3-2-4-6-14/h2-8,12,15H,9-11,13H2,1H3,(H,21,24). The number of ether oxygens (including phenoxy) is 1. The maximum Gasteiger partial charge on any atom is 0.229 e. The van der Waals surface area contributed by atoms with Gasteiger partial charge in [-0.3, -0.25) is 9.59 Å². The van der Waals surface area contributed by atoms with Gasteiger partial charge in [-0.1, -0.05) is 30.3 Å². The fourth-order valence-electron chi connectivity index (χ4n) is 2.89. The smallest absolute Gasteiger partial charge is 0.229 e. The number of nitrogens with zero attached hydrogens (tertiary/aromatic N) is 2. The zero-order valence-corrected chi connectivity index (χ0v) is 14.1. The van der Waals surface area contributed by atoms with Gasteiger partial charge in [-0.15, -0.1) is 0 Å². The molecule has 1 atom stereocenters. The molecule has 1 N–H and O–H groups in total. The molecule has 0 aliphatic carbocycles. The topological polar surface area (TPSA) is 71.5 Å². The summed E-state index contributed by atoms with van der Waals surface area (Å²) in [7, 11) is 1.54. The Bertz CT molecular complexity index is 731. The molecular weight excluding hydrogens is 318 g/mol. The first-order valence-electron chi connectivity index (χ1n) is 8.28. The molecule has 0 bridgehead atoms. The Labute approximate surface area is 146 Å². The van der Waals surface area contributed by atoms with Gasteiger partial charge >= 0.3 is 0 Å². The largest absolute Gasteiger partial charge is 0.481 e. The number of pyridine rings is 1. The van der Waals surface area contributed by atoms with Crippen LogP contribution in [-0.4, -0.2) is 41.9 Å². The van der Waals surface area contributed by atoms with Gasteiger partial charge in [0.15, 0.2) is 0 Å². The Hall–Kier alpha value is -2.89. The number of benzene rings is 1. The maximum absolute atomic E-state index is 12.4. The highest BCUT2D eigenvalue weighted by Crippen LogP contribution is 2.21. The second-order valence-corrected chi connectivity index (χ2v) is 6.05. The third kappa shape index (κ3) is 4.35. The SMILES string of the molecule is COc1ccc(NC(=O)C2CC(=O)N(CCc3ccccc3)C2)cn1. The summed E-state index contributed by atoms with van der Waals surface area (Å²) < 4.78 is 4.99. The molecule has 1 unspecified atom stereocenters. The van der Waals surface area contributed by atoms with Crippen molar-refractivity contribution in [3.05, 3.63) is 54.2 Å². The first-order chi connectivity index (χ1) is 12.2. The van der Waals surface area contributed by atoms with Crippen LogP contribution in [0.3, 0.4) is 0 Å². The molecule has 1 aromatic carbocycles. The van der Waals surface area contributed by atoms with Crippen LogP contribution in [0, 0.1) is 5.92 Å². The van der Waals surface area contributed by atoms with E-state index in [9.17, 15) is 9.59 Å². The number of anilines is 1. The summed E-state index contributed by atoms with van der Waals surface area (Å²) >= 11 is 0. The van der Waals surface area contributed by atoms with Crippen molar-refractivity contribution in [3.63, 3.8) is 0 Å². The number of amides is 2. The lowest BCUT2D eigenvalue weighted by molar-refractivity contribution is -0.128. The third-order valence-electron chi connectivity index (χ3n) is 4.31. The molecule has 1 fully saturated rings. The molecule has 0 spiro atoms. The van der Waals surface area contributed by atoms with Gasteiger partial charge in [-0.2, -0.15) is 0 Å². The lowest BCUT2D eigenvalue weighted by atomic mass is 10.1. The monoisotopic (exact) mass is 339 g/mol. The lowest BCUT2D eigenvalue weighted by Crippen LogP contribution is -2.30. The molecular formula is C19H21N3O3. The van der Waals surface area contributed by atoms with Gasteiger partial charge in [0.2, 0.25) is 17.7 Å². The van der Waals surface area contributed by atoms with Gasteiger partial charge in [-0.25, -0.2) is 4.98 Å². The summed E-state index contributed by atoms with van der Waals surface area (Å²) in [6.45, 7) is 1.10. The molecule has 0 radical (unpaired) electrons. The number of methoxy groups -OCH3 is 1. The highest BCUT2D eigenvalue weighted by atomic mass is 16.5. The number of carbonyl (C=O) groups excluding carboxylic acids is 2. The van der Waals surface area contributed by atoms with Crippen molar-refractivity contribution in [1.29, 1.82) is 0 Å². The Morgan fingerprint density at radius 2 is 2.08 bits per heavy atom. The van der Waals surface area contributed by atoms with Crippen LogP contribution in [0.25, 0.3) is 0 Å². The average Bonchev–Trinajstić information content (AvgIpc) is 3.02. The molecule has 2 aromatic rings. The zero-order valence-electron chi connectivity index (χ0n) is 14.1. The number of carbonyl (C=O) groups is 2. The number of nitrogens with one attached hydrogen (secondary N) is 1. The molecule has 1 saturated heterocycles. The minimum atomic E-state index is -0.328. The van der Waals surface area contributed by atoms with Crippen molar-refractivity contribution >= 4 is 17.5 Å².